The van der Waals surface area contributed by atoms with E-state index in [4.69, 9.17) is 19.5 Å². The van der Waals surface area contributed by atoms with E-state index in [-0.39, 0.29) is 47.3 Å². The maximum Gasteiger partial charge on any atom is 0.338 e. The van der Waals surface area contributed by atoms with Crippen LogP contribution in [0, 0.1) is 17.1 Å². The van der Waals surface area contributed by atoms with Crippen molar-refractivity contribution in [2.24, 2.45) is 0 Å². The largest absolute Gasteiger partial charge is 0.495 e. The van der Waals surface area contributed by atoms with E-state index in [0.29, 0.717) is 51.4 Å². The number of halogens is 1. The molecule has 0 unspecified atom stereocenters. The molecular formula is C26H26FN3O5. The van der Waals surface area contributed by atoms with Gasteiger partial charge in [0.15, 0.2) is 0 Å². The number of hydrogen-bond donors (Lipinski definition) is 0. The maximum atomic E-state index is 14.4. The van der Waals surface area contributed by atoms with Crippen molar-refractivity contribution in [3.05, 3.63) is 64.0 Å². The van der Waals surface area contributed by atoms with Gasteiger partial charge in [0.1, 0.15) is 17.6 Å². The number of ether oxygens (including phenoxy) is 3. The van der Waals surface area contributed by atoms with Gasteiger partial charge in [0, 0.05) is 38.2 Å². The Bertz CT molecular complexity index is 1210. The number of amides is 1. The van der Waals surface area contributed by atoms with Crippen LogP contribution in [0.25, 0.3) is 0 Å². The molecule has 8 nitrogen and oxygen atoms in total. The number of nitrogens with zero attached hydrogens (tertiary/aromatic N) is 3. The molecule has 35 heavy (non-hydrogen) atoms. The molecule has 0 N–H and O–H groups in total. The molecule has 2 fully saturated rings. The molecule has 3 heterocycles. The van der Waals surface area contributed by atoms with Crippen molar-refractivity contribution in [2.75, 3.05) is 46.5 Å². The van der Waals surface area contributed by atoms with Crippen LogP contribution in [0.1, 0.15) is 38.7 Å². The van der Waals surface area contributed by atoms with Crippen LogP contribution < -0.4 is 4.74 Å². The Balaban J connectivity index is 1.21. The lowest BCUT2D eigenvalue weighted by atomic mass is 9.96. The lowest BCUT2D eigenvalue weighted by Crippen LogP contribution is -2.59. The van der Waals surface area contributed by atoms with Gasteiger partial charge in [-0.1, -0.05) is 12.1 Å². The fourth-order valence-corrected chi connectivity index (χ4v) is 5.03. The molecular weight excluding hydrogens is 453 g/mol. The van der Waals surface area contributed by atoms with E-state index >= 15 is 0 Å². The molecule has 2 aromatic rings. The number of hydrogen-bond acceptors (Lipinski definition) is 7. The second-order valence-corrected chi connectivity index (χ2v) is 9.05. The first-order valence-corrected chi connectivity index (χ1v) is 11.7. The fourth-order valence-electron chi connectivity index (χ4n) is 5.03. The van der Waals surface area contributed by atoms with E-state index in [1.807, 2.05) is 24.3 Å². The molecule has 2 atom stereocenters. The van der Waals surface area contributed by atoms with E-state index in [9.17, 15) is 14.0 Å². The average molecular weight is 480 g/mol. The number of piperazine rings is 1. The van der Waals surface area contributed by atoms with Crippen LogP contribution in [-0.2, 0) is 27.1 Å². The third kappa shape index (κ3) is 4.59. The van der Waals surface area contributed by atoms with Crippen LogP contribution in [0.15, 0.2) is 30.3 Å². The quantitative estimate of drug-likeness (QED) is 0.621. The molecule has 3 aliphatic heterocycles. The summed E-state index contributed by atoms with van der Waals surface area (Å²) >= 11 is 0. The topological polar surface area (TPSA) is 92.1 Å². The fraction of sp³-hybridized carbons (Fsp3) is 0.423. The molecule has 0 radical (unpaired) electrons. The summed E-state index contributed by atoms with van der Waals surface area (Å²) in [4.78, 5) is 28.9. The number of carbonyl (C=O) groups excluding carboxylic acids is 2. The van der Waals surface area contributed by atoms with Gasteiger partial charge in [-0.15, -0.1) is 0 Å². The van der Waals surface area contributed by atoms with Gasteiger partial charge in [-0.25, -0.2) is 9.18 Å². The minimum atomic E-state index is -0.587. The number of morpholine rings is 1. The van der Waals surface area contributed by atoms with Crippen molar-refractivity contribution in [2.45, 2.75) is 25.0 Å². The lowest BCUT2D eigenvalue weighted by Gasteiger charge is -2.46. The normalized spacial score (nSPS) is 22.0. The van der Waals surface area contributed by atoms with Crippen molar-refractivity contribution in [3.63, 3.8) is 0 Å². The first-order chi connectivity index (χ1) is 17.0. The average Bonchev–Trinajstić information content (AvgIpc) is 2.88. The summed E-state index contributed by atoms with van der Waals surface area (Å²) in [6, 6.07) is 10.3. The van der Waals surface area contributed by atoms with Gasteiger partial charge in [-0.3, -0.25) is 9.69 Å². The van der Waals surface area contributed by atoms with Crippen molar-refractivity contribution in [3.8, 4) is 11.8 Å². The molecule has 0 aromatic heterocycles. The van der Waals surface area contributed by atoms with Gasteiger partial charge < -0.3 is 19.1 Å². The summed E-state index contributed by atoms with van der Waals surface area (Å²) in [5.74, 6) is -0.773. The minimum Gasteiger partial charge on any atom is -0.495 e. The summed E-state index contributed by atoms with van der Waals surface area (Å²) in [6.45, 7) is 3.35. The van der Waals surface area contributed by atoms with Gasteiger partial charge in [0.05, 0.1) is 50.0 Å². The van der Waals surface area contributed by atoms with Crippen molar-refractivity contribution >= 4 is 11.9 Å². The van der Waals surface area contributed by atoms with E-state index in [1.165, 1.54) is 13.2 Å². The van der Waals surface area contributed by atoms with Crippen LogP contribution in [-0.4, -0.2) is 74.2 Å². The van der Waals surface area contributed by atoms with Crippen molar-refractivity contribution < 1.29 is 28.2 Å². The Morgan fingerprint density at radius 1 is 1.26 bits per heavy atom. The molecule has 1 amide bonds. The predicted molar refractivity (Wildman–Crippen MR) is 122 cm³/mol. The number of benzene rings is 2. The third-order valence-corrected chi connectivity index (χ3v) is 7.00. The van der Waals surface area contributed by atoms with Crippen LogP contribution >= 0.6 is 0 Å². The summed E-state index contributed by atoms with van der Waals surface area (Å²) in [6.07, 6.45) is 0.510. The lowest BCUT2D eigenvalue weighted by molar-refractivity contribution is -0.139. The first-order valence-electron chi connectivity index (χ1n) is 11.7. The van der Waals surface area contributed by atoms with E-state index in [1.54, 1.807) is 4.90 Å². The van der Waals surface area contributed by atoms with Crippen LogP contribution in [0.3, 0.4) is 0 Å². The molecule has 2 saturated heterocycles. The summed E-state index contributed by atoms with van der Waals surface area (Å²) in [5, 5.41) is 9.11. The van der Waals surface area contributed by atoms with Gasteiger partial charge in [-0.05, 0) is 29.3 Å². The zero-order valence-electron chi connectivity index (χ0n) is 19.5. The highest BCUT2D eigenvalue weighted by Gasteiger charge is 2.36. The maximum absolute atomic E-state index is 14.4. The summed E-state index contributed by atoms with van der Waals surface area (Å²) < 4.78 is 30.9. The summed E-state index contributed by atoms with van der Waals surface area (Å²) in [7, 11) is 1.41. The molecule has 9 heteroatoms. The number of cyclic esters (lactones) is 1. The molecule has 0 spiro atoms. The molecule has 2 aromatic carbocycles. The minimum absolute atomic E-state index is 0.0666. The Morgan fingerprint density at radius 2 is 2.11 bits per heavy atom. The Kier molecular flexibility index (Phi) is 6.41. The van der Waals surface area contributed by atoms with E-state index in [0.717, 1.165) is 17.2 Å². The molecule has 0 aliphatic carbocycles. The first kappa shape index (κ1) is 23.3. The number of methoxy groups -OCH3 is 1. The van der Waals surface area contributed by atoms with Gasteiger partial charge in [0.2, 0.25) is 5.91 Å². The molecule has 182 valence electrons. The molecule has 0 saturated carbocycles. The number of nitriles is 1. The van der Waals surface area contributed by atoms with Crippen LogP contribution in [0.4, 0.5) is 4.39 Å². The van der Waals surface area contributed by atoms with Crippen molar-refractivity contribution in [1.29, 1.82) is 5.26 Å². The van der Waals surface area contributed by atoms with Crippen LogP contribution in [0.5, 0.6) is 5.75 Å². The Morgan fingerprint density at radius 3 is 2.91 bits per heavy atom. The second kappa shape index (κ2) is 9.64. The highest BCUT2D eigenvalue weighted by Crippen LogP contribution is 2.30. The zero-order valence-corrected chi connectivity index (χ0v) is 19.5. The standard InChI is InChI=1S/C26H26FN3O5/c1-33-23-10-18(22(27)9-19(23)12-28)11-25(31)30-6-5-29-14-24(35-15-20(29)13-30)17-2-3-21-16(8-17)4-7-34-26(21)32/h2-3,8-10,20,24H,4-7,11,13-15H2,1H3/t20-,24-/m1/s1. The number of rotatable bonds is 4. The van der Waals surface area contributed by atoms with Crippen molar-refractivity contribution in [1.82, 2.24) is 9.80 Å². The highest BCUT2D eigenvalue weighted by atomic mass is 19.1. The smallest absolute Gasteiger partial charge is 0.338 e. The van der Waals surface area contributed by atoms with Crippen LogP contribution in [0.2, 0.25) is 0 Å². The monoisotopic (exact) mass is 479 g/mol. The molecule has 5 rings (SSSR count). The van der Waals surface area contributed by atoms with E-state index < -0.39 is 5.82 Å². The highest BCUT2D eigenvalue weighted by molar-refractivity contribution is 5.92. The van der Waals surface area contributed by atoms with E-state index in [2.05, 4.69) is 4.90 Å². The van der Waals surface area contributed by atoms with Gasteiger partial charge in [0.25, 0.3) is 0 Å². The van der Waals surface area contributed by atoms with Gasteiger partial charge >= 0.3 is 5.97 Å². The van der Waals surface area contributed by atoms with Gasteiger partial charge in [-0.2, -0.15) is 5.26 Å². The number of carbonyl (C=O) groups is 2. The number of esters is 1. The molecule has 3 aliphatic rings. The predicted octanol–water partition coefficient (Wildman–Crippen LogP) is 2.25. The second-order valence-electron chi connectivity index (χ2n) is 9.05. The number of fused-ring (bicyclic) bond motifs is 2. The Labute approximate surface area is 202 Å². The summed E-state index contributed by atoms with van der Waals surface area (Å²) in [5.41, 5.74) is 2.97. The zero-order chi connectivity index (χ0) is 24.5. The SMILES string of the molecule is COc1cc(CC(=O)N2CCN3C[C@H](c4ccc5c(c4)CCOC5=O)OC[C@H]3C2)c(F)cc1C#N. The third-order valence-electron chi connectivity index (χ3n) is 7.00. The molecule has 0 bridgehead atoms. The Hall–Kier alpha value is -3.48.